The Morgan fingerprint density at radius 3 is 1.85 bits per heavy atom. The lowest BCUT2D eigenvalue weighted by Crippen LogP contribution is -2.40. The highest BCUT2D eigenvalue weighted by molar-refractivity contribution is 7.89. The average molecular weight is 230 g/mol. The van der Waals surface area contributed by atoms with Crippen LogP contribution in [-0.2, 0) is 20.0 Å². The van der Waals surface area contributed by atoms with E-state index in [0.29, 0.717) is 0 Å². The van der Waals surface area contributed by atoms with Crippen LogP contribution in [0, 0.1) is 0 Å². The van der Waals surface area contributed by atoms with Gasteiger partial charge in [0, 0.05) is 12.6 Å². The van der Waals surface area contributed by atoms with E-state index in [2.05, 4.69) is 9.44 Å². The Hall–Kier alpha value is -0.180. The fourth-order valence-corrected chi connectivity index (χ4v) is 2.05. The van der Waals surface area contributed by atoms with Crippen molar-refractivity contribution in [3.8, 4) is 0 Å². The first-order chi connectivity index (χ1) is 5.60. The summed E-state index contributed by atoms with van der Waals surface area (Å²) in [6, 6.07) is -0.454. The second-order valence-electron chi connectivity index (χ2n) is 2.91. The zero-order chi connectivity index (χ0) is 10.7. The molecule has 80 valence electrons. The summed E-state index contributed by atoms with van der Waals surface area (Å²) >= 11 is 0. The molecule has 0 bridgehead atoms. The first kappa shape index (κ1) is 12.8. The minimum Gasteiger partial charge on any atom is -0.214 e. The molecule has 0 fully saturated rings. The molecule has 1 atom stereocenters. The molecule has 8 heteroatoms. The van der Waals surface area contributed by atoms with Gasteiger partial charge < -0.3 is 0 Å². The first-order valence-corrected chi connectivity index (χ1v) is 7.30. The molecule has 1 unspecified atom stereocenters. The lowest BCUT2D eigenvalue weighted by Gasteiger charge is -2.11. The number of nitrogens with one attached hydrogen (secondary N) is 2. The number of rotatable bonds is 5. The van der Waals surface area contributed by atoms with Crippen molar-refractivity contribution in [3.05, 3.63) is 0 Å². The van der Waals surface area contributed by atoms with Crippen molar-refractivity contribution in [3.63, 3.8) is 0 Å². The van der Waals surface area contributed by atoms with Crippen LogP contribution in [0.1, 0.15) is 6.92 Å². The summed E-state index contributed by atoms with van der Waals surface area (Å²) in [6.07, 6.45) is 2.03. The van der Waals surface area contributed by atoms with Gasteiger partial charge in [0.1, 0.15) is 0 Å². The number of hydrogen-bond acceptors (Lipinski definition) is 4. The third-order valence-corrected chi connectivity index (χ3v) is 2.59. The van der Waals surface area contributed by atoms with Crippen LogP contribution in [0.15, 0.2) is 0 Å². The van der Waals surface area contributed by atoms with Crippen molar-refractivity contribution in [1.82, 2.24) is 9.44 Å². The van der Waals surface area contributed by atoms with Crippen LogP contribution in [0.25, 0.3) is 0 Å². The fourth-order valence-electron chi connectivity index (χ4n) is 0.683. The molecule has 2 N–H and O–H groups in total. The van der Waals surface area contributed by atoms with Crippen LogP contribution in [0.5, 0.6) is 0 Å². The Labute approximate surface area is 78.8 Å². The lowest BCUT2D eigenvalue weighted by molar-refractivity contribution is 0.551. The Kier molecular flexibility index (Phi) is 4.30. The summed E-state index contributed by atoms with van der Waals surface area (Å²) in [5.74, 6) is 0. The third kappa shape index (κ3) is 9.74. The fraction of sp³-hybridized carbons (Fsp3) is 1.00. The van der Waals surface area contributed by atoms with Crippen LogP contribution >= 0.6 is 0 Å². The Balaban J connectivity index is 3.98. The molecule has 0 spiro atoms. The van der Waals surface area contributed by atoms with E-state index in [1.54, 1.807) is 6.92 Å². The Bertz CT molecular complexity index is 345. The van der Waals surface area contributed by atoms with E-state index in [1.165, 1.54) is 0 Å². The van der Waals surface area contributed by atoms with E-state index in [1.807, 2.05) is 0 Å². The molecule has 0 aromatic rings. The van der Waals surface area contributed by atoms with Crippen LogP contribution in [0.3, 0.4) is 0 Å². The molecule has 0 rings (SSSR count). The smallest absolute Gasteiger partial charge is 0.208 e. The van der Waals surface area contributed by atoms with E-state index in [4.69, 9.17) is 0 Å². The predicted octanol–water partition coefficient (Wildman–Crippen LogP) is -1.53. The molecule has 0 aliphatic carbocycles. The van der Waals surface area contributed by atoms with Crippen molar-refractivity contribution < 1.29 is 16.8 Å². The summed E-state index contributed by atoms with van der Waals surface area (Å²) in [5.41, 5.74) is 0. The summed E-state index contributed by atoms with van der Waals surface area (Å²) in [5, 5.41) is 0. The molecule has 0 aromatic heterocycles. The van der Waals surface area contributed by atoms with Gasteiger partial charge in [0.25, 0.3) is 0 Å². The molecule has 0 aliphatic rings. The maximum Gasteiger partial charge on any atom is 0.208 e. The van der Waals surface area contributed by atoms with Crippen LogP contribution in [-0.4, -0.2) is 41.9 Å². The van der Waals surface area contributed by atoms with Crippen molar-refractivity contribution in [2.24, 2.45) is 0 Å². The van der Waals surface area contributed by atoms with Gasteiger partial charge in [-0.15, -0.1) is 0 Å². The van der Waals surface area contributed by atoms with Gasteiger partial charge in [0.2, 0.25) is 20.0 Å². The topological polar surface area (TPSA) is 92.3 Å². The Morgan fingerprint density at radius 1 is 1.08 bits per heavy atom. The summed E-state index contributed by atoms with van der Waals surface area (Å²) < 4.78 is 47.0. The minimum atomic E-state index is -3.28. The van der Waals surface area contributed by atoms with Gasteiger partial charge in [0.05, 0.1) is 12.5 Å². The van der Waals surface area contributed by atoms with Crippen molar-refractivity contribution in [2.45, 2.75) is 13.0 Å². The molecule has 0 amide bonds. The van der Waals surface area contributed by atoms with Gasteiger partial charge in [-0.2, -0.15) is 0 Å². The van der Waals surface area contributed by atoms with Gasteiger partial charge >= 0.3 is 0 Å². The highest BCUT2D eigenvalue weighted by atomic mass is 32.2. The normalized spacial score (nSPS) is 15.6. The van der Waals surface area contributed by atoms with E-state index >= 15 is 0 Å². The zero-order valence-electron chi connectivity index (χ0n) is 7.73. The van der Waals surface area contributed by atoms with E-state index in [-0.39, 0.29) is 6.54 Å². The highest BCUT2D eigenvalue weighted by Gasteiger charge is 2.10. The summed E-state index contributed by atoms with van der Waals surface area (Å²) in [6.45, 7) is 1.62. The van der Waals surface area contributed by atoms with Crippen molar-refractivity contribution in [1.29, 1.82) is 0 Å². The van der Waals surface area contributed by atoms with Crippen molar-refractivity contribution >= 4 is 20.0 Å². The second kappa shape index (κ2) is 4.36. The highest BCUT2D eigenvalue weighted by Crippen LogP contribution is 1.84. The molecule has 0 aromatic carbocycles. The Morgan fingerprint density at radius 2 is 1.54 bits per heavy atom. The van der Waals surface area contributed by atoms with Gasteiger partial charge in [0.15, 0.2) is 0 Å². The molecular formula is C5H14N2O4S2. The van der Waals surface area contributed by atoms with Gasteiger partial charge in [-0.1, -0.05) is 0 Å². The van der Waals surface area contributed by atoms with Crippen LogP contribution in [0.2, 0.25) is 0 Å². The standard InChI is InChI=1S/C5H14N2O4S2/c1-5(7-13(3,10)11)4-6-12(2,8)9/h5-7H,4H2,1-3H3. The predicted molar refractivity (Wildman–Crippen MR) is 50.3 cm³/mol. The van der Waals surface area contributed by atoms with Crippen LogP contribution < -0.4 is 9.44 Å². The zero-order valence-corrected chi connectivity index (χ0v) is 9.37. The molecule has 0 radical (unpaired) electrons. The molecule has 0 heterocycles. The molecule has 0 saturated carbocycles. The molecule has 0 aliphatic heterocycles. The number of hydrogen-bond donors (Lipinski definition) is 2. The maximum atomic E-state index is 10.7. The van der Waals surface area contributed by atoms with Gasteiger partial charge in [-0.3, -0.25) is 0 Å². The van der Waals surface area contributed by atoms with Gasteiger partial charge in [-0.25, -0.2) is 26.3 Å². The molecule has 0 saturated heterocycles. The molecule has 13 heavy (non-hydrogen) atoms. The lowest BCUT2D eigenvalue weighted by atomic mass is 10.4. The van der Waals surface area contributed by atoms with Crippen LogP contribution in [0.4, 0.5) is 0 Å². The SMILES string of the molecule is CC(CNS(C)(=O)=O)NS(C)(=O)=O. The largest absolute Gasteiger partial charge is 0.214 e. The summed E-state index contributed by atoms with van der Waals surface area (Å²) in [4.78, 5) is 0. The maximum absolute atomic E-state index is 10.7. The third-order valence-electron chi connectivity index (χ3n) is 1.07. The van der Waals surface area contributed by atoms with Crippen molar-refractivity contribution in [2.75, 3.05) is 19.1 Å². The molecular weight excluding hydrogens is 216 g/mol. The number of sulfonamides is 2. The van der Waals surface area contributed by atoms with E-state index < -0.39 is 26.1 Å². The first-order valence-electron chi connectivity index (χ1n) is 3.52. The molecule has 6 nitrogen and oxygen atoms in total. The minimum absolute atomic E-state index is 0.0475. The van der Waals surface area contributed by atoms with Gasteiger partial charge in [-0.05, 0) is 6.92 Å². The van der Waals surface area contributed by atoms with E-state index in [0.717, 1.165) is 12.5 Å². The van der Waals surface area contributed by atoms with E-state index in [9.17, 15) is 16.8 Å². The monoisotopic (exact) mass is 230 g/mol. The average Bonchev–Trinajstić information content (AvgIpc) is 1.78. The quantitative estimate of drug-likeness (QED) is 0.599. The summed E-state index contributed by atoms with van der Waals surface area (Å²) in [7, 11) is -6.54. The second-order valence-corrected chi connectivity index (χ2v) is 6.52.